The first kappa shape index (κ1) is 19.8. The van der Waals surface area contributed by atoms with E-state index >= 15 is 0 Å². The highest BCUT2D eigenvalue weighted by molar-refractivity contribution is 6.02. The second-order valence-corrected chi connectivity index (χ2v) is 7.44. The van der Waals surface area contributed by atoms with E-state index in [9.17, 15) is 9.18 Å². The zero-order valence-electron chi connectivity index (χ0n) is 16.8. The first-order valence-electron chi connectivity index (χ1n) is 9.98. The van der Waals surface area contributed by atoms with E-state index in [1.54, 1.807) is 17.0 Å². The van der Waals surface area contributed by atoms with E-state index in [0.717, 1.165) is 22.4 Å². The van der Waals surface area contributed by atoms with E-state index < -0.39 is 5.82 Å². The molecular formula is C25H23FN2O2. The van der Waals surface area contributed by atoms with Crippen LogP contribution in [-0.4, -0.2) is 29.2 Å². The van der Waals surface area contributed by atoms with Crippen molar-refractivity contribution < 1.29 is 14.0 Å². The summed E-state index contributed by atoms with van der Waals surface area (Å²) >= 11 is 0. The molecule has 152 valence electrons. The van der Waals surface area contributed by atoms with Crippen molar-refractivity contribution in [3.8, 4) is 0 Å². The molecule has 3 aromatic rings. The molecule has 30 heavy (non-hydrogen) atoms. The average molecular weight is 402 g/mol. The molecule has 0 bridgehead atoms. The molecule has 1 unspecified atom stereocenters. The van der Waals surface area contributed by atoms with Crippen LogP contribution in [0.4, 0.5) is 4.39 Å². The van der Waals surface area contributed by atoms with Gasteiger partial charge < -0.3 is 9.74 Å². The third kappa shape index (κ3) is 4.40. The predicted molar refractivity (Wildman–Crippen MR) is 115 cm³/mol. The van der Waals surface area contributed by atoms with Crippen LogP contribution in [0.2, 0.25) is 0 Å². The number of halogens is 1. The summed E-state index contributed by atoms with van der Waals surface area (Å²) in [5.41, 5.74) is 4.09. The van der Waals surface area contributed by atoms with Gasteiger partial charge in [-0.25, -0.2) is 4.39 Å². The number of hydrogen-bond acceptors (Lipinski definition) is 3. The third-order valence-corrected chi connectivity index (χ3v) is 5.22. The lowest BCUT2D eigenvalue weighted by Crippen LogP contribution is -2.37. The quantitative estimate of drug-likeness (QED) is 0.584. The molecule has 0 radical (unpaired) electrons. The van der Waals surface area contributed by atoms with E-state index in [0.29, 0.717) is 19.5 Å². The second kappa shape index (κ2) is 8.91. The van der Waals surface area contributed by atoms with Crippen LogP contribution in [0.5, 0.6) is 0 Å². The van der Waals surface area contributed by atoms with Crippen molar-refractivity contribution in [2.75, 3.05) is 6.54 Å². The highest BCUT2D eigenvalue weighted by atomic mass is 19.1. The summed E-state index contributed by atoms with van der Waals surface area (Å²) in [5.74, 6) is -0.880. The summed E-state index contributed by atoms with van der Waals surface area (Å²) in [6.07, 6.45) is 0.319. The van der Waals surface area contributed by atoms with Gasteiger partial charge in [-0.15, -0.1) is 0 Å². The third-order valence-electron chi connectivity index (χ3n) is 5.22. The topological polar surface area (TPSA) is 41.9 Å². The van der Waals surface area contributed by atoms with E-state index in [4.69, 9.17) is 4.84 Å². The average Bonchev–Trinajstić information content (AvgIpc) is 3.22. The van der Waals surface area contributed by atoms with Gasteiger partial charge in [-0.1, -0.05) is 71.9 Å². The minimum Gasteiger partial charge on any atom is -0.390 e. The zero-order valence-corrected chi connectivity index (χ0v) is 16.8. The van der Waals surface area contributed by atoms with Gasteiger partial charge in [0.05, 0.1) is 17.8 Å². The molecule has 0 saturated heterocycles. The molecule has 0 aliphatic carbocycles. The molecule has 1 aliphatic heterocycles. The van der Waals surface area contributed by atoms with Crippen molar-refractivity contribution in [3.05, 3.63) is 107 Å². The number of carbonyl (C=O) groups excluding carboxylic acids is 1. The maximum absolute atomic E-state index is 14.3. The Labute approximate surface area is 175 Å². The molecule has 4 nitrogen and oxygen atoms in total. The van der Waals surface area contributed by atoms with Crippen LogP contribution >= 0.6 is 0 Å². The van der Waals surface area contributed by atoms with Crippen LogP contribution in [0.1, 0.15) is 33.5 Å². The molecule has 1 aliphatic rings. The fraction of sp³-hybridized carbons (Fsp3) is 0.200. The molecule has 4 rings (SSSR count). The Morgan fingerprint density at radius 1 is 1.03 bits per heavy atom. The molecular weight excluding hydrogens is 379 g/mol. The largest absolute Gasteiger partial charge is 0.390 e. The fourth-order valence-corrected chi connectivity index (χ4v) is 3.66. The second-order valence-electron chi connectivity index (χ2n) is 7.44. The first-order valence-corrected chi connectivity index (χ1v) is 9.98. The van der Waals surface area contributed by atoms with Gasteiger partial charge in [0.25, 0.3) is 5.91 Å². The van der Waals surface area contributed by atoms with E-state index in [1.807, 2.05) is 61.5 Å². The normalized spacial score (nSPS) is 15.4. The van der Waals surface area contributed by atoms with E-state index in [2.05, 4.69) is 5.16 Å². The number of carbonyl (C=O) groups is 1. The molecule has 1 atom stereocenters. The number of aryl methyl sites for hydroxylation is 1. The standard InChI is InChI=1S/C25H23FN2O2/c1-18-9-5-6-12-21(18)24-15-20(30-27-24)17-28(16-19-10-3-2-4-11-19)25(29)22-13-7-8-14-23(22)26/h2-14,20H,15-17H2,1H3. The van der Waals surface area contributed by atoms with Crippen molar-refractivity contribution in [1.29, 1.82) is 0 Å². The number of amides is 1. The van der Waals surface area contributed by atoms with Gasteiger partial charge in [0, 0.05) is 18.5 Å². The van der Waals surface area contributed by atoms with Crippen molar-refractivity contribution in [2.45, 2.75) is 26.0 Å². The summed E-state index contributed by atoms with van der Waals surface area (Å²) in [6.45, 7) is 2.73. The molecule has 5 heteroatoms. The molecule has 0 saturated carbocycles. The van der Waals surface area contributed by atoms with Crippen molar-refractivity contribution >= 4 is 11.6 Å². The summed E-state index contributed by atoms with van der Waals surface area (Å²) in [6, 6.07) is 23.8. The summed E-state index contributed by atoms with van der Waals surface area (Å²) < 4.78 is 14.3. The van der Waals surface area contributed by atoms with Crippen LogP contribution in [-0.2, 0) is 11.4 Å². The fourth-order valence-electron chi connectivity index (χ4n) is 3.66. The molecule has 1 amide bonds. The number of oxime groups is 1. The lowest BCUT2D eigenvalue weighted by Gasteiger charge is -2.25. The van der Waals surface area contributed by atoms with Crippen molar-refractivity contribution in [1.82, 2.24) is 4.90 Å². The lowest BCUT2D eigenvalue weighted by atomic mass is 10.00. The minimum absolute atomic E-state index is 0.0615. The first-order chi connectivity index (χ1) is 14.6. The van der Waals surface area contributed by atoms with Crippen LogP contribution in [0, 0.1) is 12.7 Å². The Bertz CT molecular complexity index is 1070. The Kier molecular flexibility index (Phi) is 5.89. The molecule has 0 fully saturated rings. The number of hydrogen-bond donors (Lipinski definition) is 0. The number of benzene rings is 3. The lowest BCUT2D eigenvalue weighted by molar-refractivity contribution is 0.0402. The maximum Gasteiger partial charge on any atom is 0.257 e. The predicted octanol–water partition coefficient (Wildman–Crippen LogP) is 4.97. The van der Waals surface area contributed by atoms with Crippen LogP contribution in [0.15, 0.2) is 84.0 Å². The maximum atomic E-state index is 14.3. The molecule has 0 aromatic heterocycles. The Morgan fingerprint density at radius 3 is 2.50 bits per heavy atom. The zero-order chi connectivity index (χ0) is 20.9. The molecule has 3 aromatic carbocycles. The summed E-state index contributed by atoms with van der Waals surface area (Å²) in [4.78, 5) is 20.4. The monoisotopic (exact) mass is 402 g/mol. The highest BCUT2D eigenvalue weighted by Crippen LogP contribution is 2.22. The van der Waals surface area contributed by atoms with Gasteiger partial charge >= 0.3 is 0 Å². The van der Waals surface area contributed by atoms with E-state index in [-0.39, 0.29) is 17.6 Å². The smallest absolute Gasteiger partial charge is 0.257 e. The number of rotatable bonds is 6. The summed E-state index contributed by atoms with van der Waals surface area (Å²) in [5, 5.41) is 4.26. The van der Waals surface area contributed by atoms with Crippen LogP contribution < -0.4 is 0 Å². The number of nitrogens with zero attached hydrogens (tertiary/aromatic N) is 2. The van der Waals surface area contributed by atoms with Gasteiger partial charge in [-0.05, 0) is 30.2 Å². The molecule has 0 spiro atoms. The minimum atomic E-state index is -0.523. The SMILES string of the molecule is Cc1ccccc1C1=NOC(CN(Cc2ccccc2)C(=O)c2ccccc2F)C1. The van der Waals surface area contributed by atoms with Gasteiger partial charge in [0.15, 0.2) is 6.10 Å². The Hall–Kier alpha value is -3.47. The van der Waals surface area contributed by atoms with Crippen molar-refractivity contribution in [2.24, 2.45) is 5.16 Å². The summed E-state index contributed by atoms with van der Waals surface area (Å²) in [7, 11) is 0. The van der Waals surface area contributed by atoms with Gasteiger partial charge in [-0.3, -0.25) is 4.79 Å². The van der Waals surface area contributed by atoms with Crippen molar-refractivity contribution in [3.63, 3.8) is 0 Å². The van der Waals surface area contributed by atoms with Crippen LogP contribution in [0.3, 0.4) is 0 Å². The van der Waals surface area contributed by atoms with Gasteiger partial charge in [-0.2, -0.15) is 0 Å². The molecule has 1 heterocycles. The van der Waals surface area contributed by atoms with Gasteiger partial charge in [0.2, 0.25) is 0 Å². The van der Waals surface area contributed by atoms with Crippen LogP contribution in [0.25, 0.3) is 0 Å². The highest BCUT2D eigenvalue weighted by Gasteiger charge is 2.28. The van der Waals surface area contributed by atoms with Gasteiger partial charge in [0.1, 0.15) is 5.82 Å². The van der Waals surface area contributed by atoms with E-state index in [1.165, 1.54) is 12.1 Å². The Morgan fingerprint density at radius 2 is 1.73 bits per heavy atom. The molecule has 0 N–H and O–H groups in total. The Balaban J connectivity index is 1.53.